The van der Waals surface area contributed by atoms with Crippen LogP contribution in [0, 0.1) is 13.8 Å². The smallest absolute Gasteiger partial charge is 0.331 e. The molecule has 3 aromatic rings. The van der Waals surface area contributed by atoms with E-state index in [1.807, 2.05) is 62.4 Å². The number of hydrogen-bond acceptors (Lipinski definition) is 5. The molecule has 5 nitrogen and oxygen atoms in total. The van der Waals surface area contributed by atoms with Crippen LogP contribution in [0.3, 0.4) is 0 Å². The van der Waals surface area contributed by atoms with Crippen molar-refractivity contribution in [1.82, 2.24) is 4.98 Å². The van der Waals surface area contributed by atoms with E-state index in [1.165, 1.54) is 24.3 Å². The number of nitrogens with zero attached hydrogens (tertiary/aromatic N) is 2. The molecule has 0 atom stereocenters. The number of thiazole rings is 1. The number of benzene rings is 2. The van der Waals surface area contributed by atoms with Gasteiger partial charge in [-0.3, -0.25) is 9.69 Å². The van der Waals surface area contributed by atoms with Crippen molar-refractivity contribution in [2.75, 3.05) is 4.90 Å². The lowest BCUT2D eigenvalue weighted by atomic mass is 10.1. The first-order valence-electron chi connectivity index (χ1n) is 9.15. The van der Waals surface area contributed by atoms with Gasteiger partial charge in [0.05, 0.1) is 11.4 Å². The predicted octanol–water partition coefficient (Wildman–Crippen LogP) is 5.20. The summed E-state index contributed by atoms with van der Waals surface area (Å²) in [5.41, 5.74) is 4.48. The highest BCUT2D eigenvalue weighted by Crippen LogP contribution is 2.29. The zero-order chi connectivity index (χ0) is 20.8. The minimum atomic E-state index is -0.442. The van der Waals surface area contributed by atoms with E-state index in [4.69, 9.17) is 4.74 Å². The molecule has 2 aromatic carbocycles. The third-order valence-electron chi connectivity index (χ3n) is 4.12. The second-order valence-corrected chi connectivity index (χ2v) is 7.51. The summed E-state index contributed by atoms with van der Waals surface area (Å²) in [7, 11) is 0. The van der Waals surface area contributed by atoms with Crippen molar-refractivity contribution >= 4 is 40.1 Å². The number of aromatic nitrogens is 1. The SMILES string of the molecule is CC(=O)N(c1cccc(C)c1)c1nc(COC(=O)/C=C/c2cccc(C)c2)cs1. The van der Waals surface area contributed by atoms with Crippen LogP contribution in [0.2, 0.25) is 0 Å². The lowest BCUT2D eigenvalue weighted by Gasteiger charge is -2.18. The Morgan fingerprint density at radius 3 is 2.52 bits per heavy atom. The van der Waals surface area contributed by atoms with Crippen LogP contribution in [0.1, 0.15) is 29.3 Å². The average Bonchev–Trinajstić information content (AvgIpc) is 3.13. The second-order valence-electron chi connectivity index (χ2n) is 6.67. The van der Waals surface area contributed by atoms with E-state index < -0.39 is 5.97 Å². The summed E-state index contributed by atoms with van der Waals surface area (Å²) in [4.78, 5) is 30.2. The van der Waals surface area contributed by atoms with Gasteiger partial charge in [-0.15, -0.1) is 11.3 Å². The molecule has 0 bridgehead atoms. The highest BCUT2D eigenvalue weighted by Gasteiger charge is 2.18. The molecule has 29 heavy (non-hydrogen) atoms. The predicted molar refractivity (Wildman–Crippen MR) is 116 cm³/mol. The fourth-order valence-electron chi connectivity index (χ4n) is 2.79. The molecular weight excluding hydrogens is 384 g/mol. The zero-order valence-electron chi connectivity index (χ0n) is 16.6. The van der Waals surface area contributed by atoms with E-state index in [2.05, 4.69) is 4.98 Å². The molecule has 0 fully saturated rings. The van der Waals surface area contributed by atoms with E-state index in [0.29, 0.717) is 10.8 Å². The Morgan fingerprint density at radius 2 is 1.83 bits per heavy atom. The van der Waals surface area contributed by atoms with Crippen molar-refractivity contribution in [1.29, 1.82) is 0 Å². The van der Waals surface area contributed by atoms with Crippen LogP contribution >= 0.6 is 11.3 Å². The van der Waals surface area contributed by atoms with Gasteiger partial charge in [-0.1, -0.05) is 42.0 Å². The largest absolute Gasteiger partial charge is 0.456 e. The summed E-state index contributed by atoms with van der Waals surface area (Å²) in [6.45, 7) is 5.52. The number of aryl methyl sites for hydroxylation is 2. The van der Waals surface area contributed by atoms with Gasteiger partial charge < -0.3 is 4.74 Å². The van der Waals surface area contributed by atoms with Crippen LogP contribution in [0.15, 0.2) is 60.0 Å². The Balaban J connectivity index is 1.65. The number of esters is 1. The Morgan fingerprint density at radius 1 is 1.10 bits per heavy atom. The summed E-state index contributed by atoms with van der Waals surface area (Å²) in [5, 5.41) is 2.34. The quantitative estimate of drug-likeness (QED) is 0.417. The second kappa shape index (κ2) is 9.30. The number of anilines is 2. The monoisotopic (exact) mass is 406 g/mol. The van der Waals surface area contributed by atoms with Gasteiger partial charge in [0.2, 0.25) is 5.91 Å². The number of carbonyl (C=O) groups is 2. The van der Waals surface area contributed by atoms with Crippen LogP contribution in [0.25, 0.3) is 6.08 Å². The van der Waals surface area contributed by atoms with Crippen molar-refractivity contribution in [3.05, 3.63) is 82.4 Å². The van der Waals surface area contributed by atoms with E-state index in [9.17, 15) is 9.59 Å². The zero-order valence-corrected chi connectivity index (χ0v) is 17.4. The fraction of sp³-hybridized carbons (Fsp3) is 0.174. The maximum Gasteiger partial charge on any atom is 0.331 e. The molecule has 1 heterocycles. The summed E-state index contributed by atoms with van der Waals surface area (Å²) in [6, 6.07) is 15.5. The summed E-state index contributed by atoms with van der Waals surface area (Å²) in [5.74, 6) is -0.572. The molecule has 0 saturated carbocycles. The fourth-order valence-corrected chi connectivity index (χ4v) is 3.66. The lowest BCUT2D eigenvalue weighted by molar-refractivity contribution is -0.139. The summed E-state index contributed by atoms with van der Waals surface area (Å²) in [6.07, 6.45) is 3.12. The first-order valence-corrected chi connectivity index (χ1v) is 10.0. The van der Waals surface area contributed by atoms with Crippen LogP contribution in [-0.4, -0.2) is 16.9 Å². The standard InChI is InChI=1S/C23H22N2O3S/c1-16-6-4-8-19(12-16)10-11-22(27)28-14-20-15-29-23(24-20)25(18(3)26)21-9-5-7-17(2)13-21/h4-13,15H,14H2,1-3H3/b11-10+. The molecule has 1 amide bonds. The molecule has 0 radical (unpaired) electrons. The molecule has 0 aliphatic rings. The molecule has 1 aromatic heterocycles. The number of amides is 1. The Hall–Kier alpha value is -3.25. The normalized spacial score (nSPS) is 10.9. The molecule has 148 valence electrons. The highest BCUT2D eigenvalue weighted by atomic mass is 32.1. The molecule has 3 rings (SSSR count). The van der Waals surface area contributed by atoms with Gasteiger partial charge >= 0.3 is 5.97 Å². The average molecular weight is 407 g/mol. The van der Waals surface area contributed by atoms with Gasteiger partial charge in [0.1, 0.15) is 6.61 Å². The molecule has 0 N–H and O–H groups in total. The molecule has 6 heteroatoms. The van der Waals surface area contributed by atoms with Gasteiger partial charge in [0.15, 0.2) is 5.13 Å². The van der Waals surface area contributed by atoms with Gasteiger partial charge in [-0.05, 0) is 43.2 Å². The van der Waals surface area contributed by atoms with Crippen molar-refractivity contribution < 1.29 is 14.3 Å². The van der Waals surface area contributed by atoms with Gasteiger partial charge in [0, 0.05) is 18.4 Å². The van der Waals surface area contributed by atoms with Crippen molar-refractivity contribution in [3.63, 3.8) is 0 Å². The Bertz CT molecular complexity index is 1060. The van der Waals surface area contributed by atoms with Gasteiger partial charge in [-0.25, -0.2) is 9.78 Å². The van der Waals surface area contributed by atoms with Crippen LogP contribution in [0.4, 0.5) is 10.8 Å². The Kier molecular flexibility index (Phi) is 6.57. The number of rotatable bonds is 6. The molecule has 0 saturated heterocycles. The lowest BCUT2D eigenvalue weighted by Crippen LogP contribution is -2.22. The number of hydrogen-bond donors (Lipinski definition) is 0. The minimum absolute atomic E-state index is 0.0487. The van der Waals surface area contributed by atoms with E-state index in [0.717, 1.165) is 22.4 Å². The first-order chi connectivity index (χ1) is 13.9. The van der Waals surface area contributed by atoms with Crippen molar-refractivity contribution in [3.8, 4) is 0 Å². The van der Waals surface area contributed by atoms with Gasteiger partial charge in [0.25, 0.3) is 0 Å². The molecule has 0 unspecified atom stereocenters. The van der Waals surface area contributed by atoms with Crippen LogP contribution in [-0.2, 0) is 20.9 Å². The summed E-state index contributed by atoms with van der Waals surface area (Å²) < 4.78 is 5.27. The minimum Gasteiger partial charge on any atom is -0.456 e. The third kappa shape index (κ3) is 5.62. The van der Waals surface area contributed by atoms with Gasteiger partial charge in [-0.2, -0.15) is 0 Å². The maximum absolute atomic E-state index is 12.2. The van der Waals surface area contributed by atoms with Crippen LogP contribution in [0.5, 0.6) is 0 Å². The van der Waals surface area contributed by atoms with Crippen LogP contribution < -0.4 is 4.90 Å². The number of ether oxygens (including phenoxy) is 1. The topological polar surface area (TPSA) is 59.5 Å². The van der Waals surface area contributed by atoms with E-state index in [1.54, 1.807) is 16.4 Å². The Labute approximate surface area is 174 Å². The number of carbonyl (C=O) groups excluding carboxylic acids is 2. The maximum atomic E-state index is 12.2. The third-order valence-corrected chi connectivity index (χ3v) is 5.00. The first kappa shape index (κ1) is 20.5. The molecule has 0 spiro atoms. The summed E-state index contributed by atoms with van der Waals surface area (Å²) >= 11 is 1.33. The molecule has 0 aliphatic heterocycles. The van der Waals surface area contributed by atoms with E-state index >= 15 is 0 Å². The van der Waals surface area contributed by atoms with Crippen molar-refractivity contribution in [2.45, 2.75) is 27.4 Å². The van der Waals surface area contributed by atoms with Crippen molar-refractivity contribution in [2.24, 2.45) is 0 Å². The molecular formula is C23H22N2O3S. The highest BCUT2D eigenvalue weighted by molar-refractivity contribution is 7.14. The molecule has 0 aliphatic carbocycles. The van der Waals surface area contributed by atoms with E-state index in [-0.39, 0.29) is 12.5 Å².